The Morgan fingerprint density at radius 1 is 0.404 bits per heavy atom. The van der Waals surface area contributed by atoms with Crippen molar-refractivity contribution in [2.24, 2.45) is 0 Å². The smallest absolute Gasteiger partial charge is 0.693 e. The van der Waals surface area contributed by atoms with Gasteiger partial charge in [0.2, 0.25) is 11.8 Å². The molecule has 0 spiro atoms. The van der Waals surface area contributed by atoms with Gasteiger partial charge < -0.3 is 124 Å². The summed E-state index contributed by atoms with van der Waals surface area (Å²) in [6.07, 6.45) is 12.3. The zero-order chi connectivity index (χ0) is 67.3. The Kier molecular flexibility index (Phi) is 116. The molecule has 2 saturated carbocycles. The second-order valence-electron chi connectivity index (χ2n) is 17.3. The van der Waals surface area contributed by atoms with Crippen molar-refractivity contribution < 1.29 is 184 Å². The van der Waals surface area contributed by atoms with E-state index < -0.39 is 92.7 Å². The van der Waals surface area contributed by atoms with E-state index >= 15 is 0 Å². The molecule has 0 bridgehead atoms. The standard InChI is InChI=1S/2C10H12O2.2C8H13NO5.2C6H12N2.2C2H2O4.2CH3.4ClH.4H2N.4Pt/c2*11-10(12)8-4-7-9-5-2-1-3-6-9;2*10-6(3-4-8(13)14)9-5-1-2-7(11)12;2*7-5-3-1-2-4-6(5)8;2*3-1(4)2(5)6;;;;;;;;;;;;;;/h2*1-3,5-6H,4,7-8H2,(H,11,12);2*1-5H2,(H,9,10)(H,11,12)(H,13,14);2*5-8H,1-4H2;2*(H,3,4)(H,5,6);2*1H3;4*1H;4*1H2;;;;/q;;;;2*-2;;;2*-1;;;;;4*-1;;2*+2;+4/p-4. The van der Waals surface area contributed by atoms with Crippen molar-refractivity contribution in [3.8, 4) is 0 Å². The van der Waals surface area contributed by atoms with E-state index in [4.69, 9.17) is 131 Å². The molecule has 24 N–H and O–H groups in total. The van der Waals surface area contributed by atoms with Crippen molar-refractivity contribution in [3.05, 3.63) is 134 Å². The number of carboxylic acid groups (broad SMARTS) is 10. The molecule has 2 aromatic rings. The molecular formula is C54H92Cl4N10O22Pt4-6. The average Bonchev–Trinajstić information content (AvgIpc) is 3.67. The number of benzene rings is 2. The molecule has 2 amide bonds. The van der Waals surface area contributed by atoms with E-state index in [2.05, 4.69) is 10.6 Å². The van der Waals surface area contributed by atoms with Gasteiger partial charge in [-0.05, 0) is 49.7 Å². The molecule has 32 nitrogen and oxygen atoms in total. The third-order valence-electron chi connectivity index (χ3n) is 10.2. The molecule has 4 rings (SSSR count). The van der Waals surface area contributed by atoms with Crippen molar-refractivity contribution in [2.45, 2.75) is 165 Å². The Hall–Kier alpha value is -4.33. The number of carbonyl (C=O) groups is 12. The van der Waals surface area contributed by atoms with Crippen molar-refractivity contribution in [1.29, 1.82) is 0 Å². The number of hydrogen-bond donors (Lipinski definition) is 12. The fraction of sp³-hybridized carbons (Fsp3) is 0.519. The normalized spacial score (nSPS) is 13.4. The second-order valence-corrected chi connectivity index (χ2v) is 23.8. The van der Waals surface area contributed by atoms with Gasteiger partial charge in [0.05, 0.1) is 12.8 Å². The maximum atomic E-state index is 10.9. The summed E-state index contributed by atoms with van der Waals surface area (Å²) in [5.74, 6) is -13.3. The second kappa shape index (κ2) is 88.7. The Morgan fingerprint density at radius 2 is 0.596 bits per heavy atom. The van der Waals surface area contributed by atoms with Crippen molar-refractivity contribution >= 4 is 109 Å². The minimum Gasteiger partial charge on any atom is -0.693 e. The first kappa shape index (κ1) is 123. The summed E-state index contributed by atoms with van der Waals surface area (Å²) >= 11 is -0.944. The van der Waals surface area contributed by atoms with Crippen molar-refractivity contribution in [2.75, 3.05) is 13.1 Å². The van der Waals surface area contributed by atoms with Gasteiger partial charge in [-0.15, -0.1) is 0 Å². The fourth-order valence-electron chi connectivity index (χ4n) is 5.99. The molecule has 564 valence electrons. The Morgan fingerprint density at radius 3 is 0.766 bits per heavy atom. The summed E-state index contributed by atoms with van der Waals surface area (Å²) in [6, 6.07) is 19.5. The van der Waals surface area contributed by atoms with E-state index in [1.165, 1.54) is 36.8 Å². The molecule has 2 aromatic carbocycles. The number of nitrogens with two attached hydrogens (primary N) is 4. The molecule has 4 unspecified atom stereocenters. The van der Waals surface area contributed by atoms with Gasteiger partial charge in [0, 0.05) is 72.7 Å². The van der Waals surface area contributed by atoms with Crippen molar-refractivity contribution in [3.63, 3.8) is 0 Å². The molecule has 2 aliphatic carbocycles. The summed E-state index contributed by atoms with van der Waals surface area (Å²) in [4.78, 5) is 119. The summed E-state index contributed by atoms with van der Waals surface area (Å²) in [7, 11) is 19.5. The first-order valence-electron chi connectivity index (χ1n) is 25.7. The van der Waals surface area contributed by atoms with Crippen LogP contribution in [-0.2, 0) is 145 Å². The fourth-order valence-corrected chi connectivity index (χ4v) is 5.99. The first-order valence-corrected chi connectivity index (χ1v) is 36.9. The molecule has 0 aliphatic heterocycles. The van der Waals surface area contributed by atoms with E-state index in [9.17, 15) is 38.4 Å². The SMILES string of the molecule is O=C(O)C(=O)O.O=C(O)C(=O)O.O=C(O)CCCNC(=O)CCC(=O)O.O=C(O)CCCNC(=O)CCC(=O)O.O=C(O)CCCc1ccccc1.O=C(O)CCCc1ccccc1.[CH3-].[CH3-].[Cl][Pt+2][Cl].[Cl][Pt][Cl].[NH-]C1CCCCC1[NH-].[NH-]C1CCCCC1[NH-].[NH2-].[NH2-].[NH2-].[NH2-].[Pt+2].[Pt]. The maximum absolute atomic E-state index is 10.9. The van der Waals surface area contributed by atoms with Crippen LogP contribution in [0.3, 0.4) is 0 Å². The van der Waals surface area contributed by atoms with Crippen LogP contribution in [0.15, 0.2) is 60.7 Å². The number of carbonyl (C=O) groups excluding carboxylic acids is 2. The Bertz CT molecular complexity index is 2020. The molecule has 0 saturated heterocycles. The maximum Gasteiger partial charge on any atom is 2.00 e. The number of carboxylic acids is 10. The summed E-state index contributed by atoms with van der Waals surface area (Å²) in [6.45, 7) is 0.537. The molecule has 0 radical (unpaired) electrons. The van der Waals surface area contributed by atoms with Crippen LogP contribution in [-0.4, -0.2) is 160 Å². The predicted molar refractivity (Wildman–Crippen MR) is 345 cm³/mol. The van der Waals surface area contributed by atoms with Gasteiger partial charge in [-0.3, -0.25) is 38.4 Å². The summed E-state index contributed by atoms with van der Waals surface area (Å²) < 4.78 is 0. The number of hydrogen-bond acceptors (Lipinski definition) is 12. The zero-order valence-electron chi connectivity index (χ0n) is 51.5. The van der Waals surface area contributed by atoms with E-state index in [1.807, 2.05) is 60.7 Å². The van der Waals surface area contributed by atoms with Crippen LogP contribution in [0.4, 0.5) is 0 Å². The van der Waals surface area contributed by atoms with E-state index in [0.29, 0.717) is 12.8 Å². The molecule has 0 aromatic heterocycles. The van der Waals surface area contributed by atoms with Crippen LogP contribution in [0.5, 0.6) is 0 Å². The van der Waals surface area contributed by atoms with Gasteiger partial charge in [0.1, 0.15) is 0 Å². The largest absolute Gasteiger partial charge is 2.00 e. The molecule has 2 fully saturated rings. The number of rotatable bonds is 22. The van der Waals surface area contributed by atoms with Crippen LogP contribution in [0, 0.1) is 14.9 Å². The predicted octanol–water partition coefficient (Wildman–Crippen LogP) is 13.5. The van der Waals surface area contributed by atoms with E-state index in [-0.39, 0.29) is 182 Å². The van der Waals surface area contributed by atoms with Crippen LogP contribution >= 0.6 is 37.7 Å². The van der Waals surface area contributed by atoms with Gasteiger partial charge in [-0.1, -0.05) is 112 Å². The zero-order valence-corrected chi connectivity index (χ0v) is 63.6. The number of halogens is 4. The van der Waals surface area contributed by atoms with Crippen LogP contribution in [0.1, 0.15) is 140 Å². The number of amides is 2. The summed E-state index contributed by atoms with van der Waals surface area (Å²) in [5, 5.41) is 84.2. The summed E-state index contributed by atoms with van der Waals surface area (Å²) in [5.41, 5.74) is 31.6. The molecule has 4 atom stereocenters. The third-order valence-corrected chi connectivity index (χ3v) is 10.2. The monoisotopic (exact) mass is 2150 g/mol. The third kappa shape index (κ3) is 109. The quantitative estimate of drug-likeness (QED) is 0.0296. The average molecular weight is 2160 g/mol. The Labute approximate surface area is 611 Å². The molecule has 40 heteroatoms. The minimum atomic E-state index is -1.82. The number of nitrogens with one attached hydrogen (secondary N) is 6. The van der Waals surface area contributed by atoms with Gasteiger partial charge in [0.25, 0.3) is 0 Å². The van der Waals surface area contributed by atoms with Gasteiger partial charge >= 0.3 is 151 Å². The Balaban J connectivity index is -0.0000000641. The number of aryl methyl sites for hydroxylation is 2. The van der Waals surface area contributed by atoms with Gasteiger partial charge in [-0.25, -0.2) is 19.2 Å². The molecule has 94 heavy (non-hydrogen) atoms. The van der Waals surface area contributed by atoms with Crippen LogP contribution in [0.25, 0.3) is 47.5 Å². The molecular weight excluding hydrogens is 2060 g/mol. The van der Waals surface area contributed by atoms with Gasteiger partial charge in [0.15, 0.2) is 0 Å². The molecule has 2 aliphatic rings. The first-order chi connectivity index (χ1) is 40.3. The van der Waals surface area contributed by atoms with Crippen molar-refractivity contribution in [1.82, 2.24) is 10.6 Å². The topological polar surface area (TPSA) is 660 Å². The van der Waals surface area contributed by atoms with Crippen LogP contribution < -0.4 is 10.6 Å². The molecule has 0 heterocycles. The van der Waals surface area contributed by atoms with Crippen LogP contribution in [0.2, 0.25) is 0 Å². The van der Waals surface area contributed by atoms with E-state index in [0.717, 1.165) is 51.4 Å². The number of aliphatic carboxylic acids is 10. The minimum absolute atomic E-state index is 0. The van der Waals surface area contributed by atoms with E-state index in [1.54, 1.807) is 0 Å². The van der Waals surface area contributed by atoms with Gasteiger partial charge in [-0.2, -0.15) is 24.2 Å².